The number of hydrogen-bond donors (Lipinski definition) is 0. The van der Waals surface area contributed by atoms with Crippen LogP contribution in [0.3, 0.4) is 0 Å². The van der Waals surface area contributed by atoms with Gasteiger partial charge in [0.2, 0.25) is 5.91 Å². The maximum absolute atomic E-state index is 13.0. The minimum Gasteiger partial charge on any atom is -0.335 e. The Morgan fingerprint density at radius 3 is 2.43 bits per heavy atom. The van der Waals surface area contributed by atoms with Crippen LogP contribution in [0.15, 0.2) is 42.5 Å². The van der Waals surface area contributed by atoms with E-state index in [1.807, 2.05) is 4.90 Å². The zero-order valence-corrected chi connectivity index (χ0v) is 13.7. The zero-order valence-electron chi connectivity index (χ0n) is 13.7. The number of benzene rings is 2. The van der Waals surface area contributed by atoms with Crippen molar-refractivity contribution in [3.8, 4) is 0 Å². The first kappa shape index (κ1) is 15.7. The summed E-state index contributed by atoms with van der Waals surface area (Å²) >= 11 is 0. The van der Waals surface area contributed by atoms with E-state index in [2.05, 4.69) is 32.0 Å². The lowest BCUT2D eigenvalue weighted by atomic mass is 9.99. The van der Waals surface area contributed by atoms with Gasteiger partial charge in [0.05, 0.1) is 12.5 Å². The topological polar surface area (TPSA) is 20.3 Å². The summed E-state index contributed by atoms with van der Waals surface area (Å²) in [7, 11) is 0. The molecule has 0 aromatic heterocycles. The van der Waals surface area contributed by atoms with E-state index in [-0.39, 0.29) is 17.8 Å². The summed E-state index contributed by atoms with van der Waals surface area (Å²) in [6.45, 7) is 4.99. The second kappa shape index (κ2) is 6.53. The Morgan fingerprint density at radius 1 is 1.13 bits per heavy atom. The highest BCUT2D eigenvalue weighted by Gasteiger charge is 2.29. The van der Waals surface area contributed by atoms with Gasteiger partial charge in [-0.2, -0.15) is 0 Å². The summed E-state index contributed by atoms with van der Waals surface area (Å²) in [5, 5.41) is 0. The molecule has 1 fully saturated rings. The number of amides is 1. The maximum atomic E-state index is 13.0. The molecule has 0 N–H and O–H groups in total. The molecule has 3 heteroatoms. The SMILES string of the molecule is Cc1cc(C)cc(C2CCCN2C(=O)Cc2ccc(F)cc2)c1. The van der Waals surface area contributed by atoms with E-state index < -0.39 is 0 Å². The summed E-state index contributed by atoms with van der Waals surface area (Å²) in [4.78, 5) is 14.7. The third kappa shape index (κ3) is 3.61. The number of nitrogens with zero attached hydrogens (tertiary/aromatic N) is 1. The van der Waals surface area contributed by atoms with Gasteiger partial charge in [-0.3, -0.25) is 4.79 Å². The number of halogens is 1. The number of hydrogen-bond acceptors (Lipinski definition) is 1. The summed E-state index contributed by atoms with van der Waals surface area (Å²) in [5.74, 6) is -0.145. The van der Waals surface area contributed by atoms with Gasteiger partial charge < -0.3 is 4.90 Å². The minimum absolute atomic E-state index is 0.123. The van der Waals surface area contributed by atoms with Crippen molar-refractivity contribution < 1.29 is 9.18 Å². The predicted octanol–water partition coefficient (Wildman–Crippen LogP) is 4.35. The van der Waals surface area contributed by atoms with Crippen LogP contribution in [-0.4, -0.2) is 17.4 Å². The van der Waals surface area contributed by atoms with Crippen LogP contribution in [-0.2, 0) is 11.2 Å². The molecule has 1 aliphatic rings. The average Bonchev–Trinajstić information content (AvgIpc) is 2.98. The number of carbonyl (C=O) groups is 1. The number of carbonyl (C=O) groups excluding carboxylic acids is 1. The second-order valence-electron chi connectivity index (χ2n) is 6.47. The Bertz CT molecular complexity index is 688. The molecule has 120 valence electrons. The van der Waals surface area contributed by atoms with Crippen molar-refractivity contribution in [1.82, 2.24) is 4.90 Å². The van der Waals surface area contributed by atoms with Crippen LogP contribution in [0.25, 0.3) is 0 Å². The fraction of sp³-hybridized carbons (Fsp3) is 0.350. The molecule has 1 amide bonds. The molecule has 0 spiro atoms. The van der Waals surface area contributed by atoms with Gasteiger partial charge >= 0.3 is 0 Å². The van der Waals surface area contributed by atoms with Gasteiger partial charge in [0.15, 0.2) is 0 Å². The van der Waals surface area contributed by atoms with Gasteiger partial charge in [0.1, 0.15) is 5.82 Å². The number of aryl methyl sites for hydroxylation is 2. The summed E-state index contributed by atoms with van der Waals surface area (Å²) < 4.78 is 13.0. The van der Waals surface area contributed by atoms with Crippen LogP contribution < -0.4 is 0 Å². The van der Waals surface area contributed by atoms with Crippen molar-refractivity contribution in [3.63, 3.8) is 0 Å². The fourth-order valence-electron chi connectivity index (χ4n) is 3.49. The highest BCUT2D eigenvalue weighted by Crippen LogP contribution is 2.33. The van der Waals surface area contributed by atoms with E-state index >= 15 is 0 Å². The standard InChI is InChI=1S/C20H22FNO/c1-14-10-15(2)12-17(11-14)19-4-3-9-22(19)20(23)13-16-5-7-18(21)8-6-16/h5-8,10-12,19H,3-4,9,13H2,1-2H3. The van der Waals surface area contributed by atoms with Crippen molar-refractivity contribution in [1.29, 1.82) is 0 Å². The van der Waals surface area contributed by atoms with Crippen LogP contribution >= 0.6 is 0 Å². The number of likely N-dealkylation sites (tertiary alicyclic amines) is 1. The van der Waals surface area contributed by atoms with Gasteiger partial charge in [-0.25, -0.2) is 4.39 Å². The maximum Gasteiger partial charge on any atom is 0.227 e. The Hall–Kier alpha value is -2.16. The molecule has 1 unspecified atom stereocenters. The summed E-state index contributed by atoms with van der Waals surface area (Å²) in [6.07, 6.45) is 2.38. The number of rotatable bonds is 3. The molecule has 0 aliphatic carbocycles. The van der Waals surface area contributed by atoms with Crippen LogP contribution in [0.5, 0.6) is 0 Å². The van der Waals surface area contributed by atoms with E-state index in [0.29, 0.717) is 6.42 Å². The van der Waals surface area contributed by atoms with Crippen molar-refractivity contribution in [2.75, 3.05) is 6.54 Å². The van der Waals surface area contributed by atoms with E-state index in [4.69, 9.17) is 0 Å². The van der Waals surface area contributed by atoms with Crippen molar-refractivity contribution in [3.05, 3.63) is 70.5 Å². The van der Waals surface area contributed by atoms with Crippen molar-refractivity contribution >= 4 is 5.91 Å². The molecule has 1 aliphatic heterocycles. The van der Waals surface area contributed by atoms with Gasteiger partial charge in [-0.1, -0.05) is 41.5 Å². The van der Waals surface area contributed by atoms with Crippen LogP contribution in [0.2, 0.25) is 0 Å². The first-order chi connectivity index (χ1) is 11.0. The molecule has 3 rings (SSSR count). The third-order valence-electron chi connectivity index (χ3n) is 4.47. The lowest BCUT2D eigenvalue weighted by molar-refractivity contribution is -0.131. The summed E-state index contributed by atoms with van der Waals surface area (Å²) in [6, 6.07) is 12.9. The molecular weight excluding hydrogens is 289 g/mol. The Labute approximate surface area is 136 Å². The third-order valence-corrected chi connectivity index (χ3v) is 4.47. The predicted molar refractivity (Wildman–Crippen MR) is 89.7 cm³/mol. The van der Waals surface area contributed by atoms with E-state index in [0.717, 1.165) is 24.9 Å². The van der Waals surface area contributed by atoms with E-state index in [1.165, 1.54) is 28.8 Å². The molecule has 0 saturated carbocycles. The monoisotopic (exact) mass is 311 g/mol. The smallest absolute Gasteiger partial charge is 0.227 e. The molecule has 2 aromatic carbocycles. The van der Waals surface area contributed by atoms with Gasteiger partial charge in [-0.05, 0) is 49.9 Å². The molecule has 1 saturated heterocycles. The highest BCUT2D eigenvalue weighted by molar-refractivity contribution is 5.79. The molecule has 0 bridgehead atoms. The van der Waals surface area contributed by atoms with E-state index in [1.54, 1.807) is 12.1 Å². The Balaban J connectivity index is 1.77. The molecule has 1 atom stereocenters. The van der Waals surface area contributed by atoms with Gasteiger partial charge in [0.25, 0.3) is 0 Å². The average molecular weight is 311 g/mol. The molecule has 2 nitrogen and oxygen atoms in total. The molecular formula is C20H22FNO. The Kier molecular flexibility index (Phi) is 4.46. The Morgan fingerprint density at radius 2 is 1.78 bits per heavy atom. The second-order valence-corrected chi connectivity index (χ2v) is 6.47. The molecule has 23 heavy (non-hydrogen) atoms. The van der Waals surface area contributed by atoms with Gasteiger partial charge in [0, 0.05) is 6.54 Å². The fourth-order valence-corrected chi connectivity index (χ4v) is 3.49. The molecule has 2 aromatic rings. The quantitative estimate of drug-likeness (QED) is 0.825. The van der Waals surface area contributed by atoms with Crippen molar-refractivity contribution in [2.24, 2.45) is 0 Å². The highest BCUT2D eigenvalue weighted by atomic mass is 19.1. The normalized spacial score (nSPS) is 17.5. The summed E-state index contributed by atoms with van der Waals surface area (Å²) in [5.41, 5.74) is 4.56. The minimum atomic E-state index is -0.268. The first-order valence-corrected chi connectivity index (χ1v) is 8.15. The van der Waals surface area contributed by atoms with Crippen LogP contribution in [0.4, 0.5) is 4.39 Å². The van der Waals surface area contributed by atoms with Crippen molar-refractivity contribution in [2.45, 2.75) is 39.2 Å². The van der Waals surface area contributed by atoms with Crippen LogP contribution in [0.1, 0.15) is 41.1 Å². The molecule has 0 radical (unpaired) electrons. The lowest BCUT2D eigenvalue weighted by Gasteiger charge is -2.26. The first-order valence-electron chi connectivity index (χ1n) is 8.15. The van der Waals surface area contributed by atoms with Gasteiger partial charge in [-0.15, -0.1) is 0 Å². The lowest BCUT2D eigenvalue weighted by Crippen LogP contribution is -2.31. The zero-order chi connectivity index (χ0) is 16.4. The largest absolute Gasteiger partial charge is 0.335 e. The van der Waals surface area contributed by atoms with E-state index in [9.17, 15) is 9.18 Å². The molecule has 1 heterocycles. The van der Waals surface area contributed by atoms with Crippen LogP contribution in [0, 0.1) is 19.7 Å².